The first-order chi connectivity index (χ1) is 14.0. The van der Waals surface area contributed by atoms with Crippen LogP contribution >= 0.6 is 0 Å². The maximum atomic E-state index is 13.7. The Morgan fingerprint density at radius 1 is 1.00 bits per heavy atom. The minimum absolute atomic E-state index is 0.0362. The summed E-state index contributed by atoms with van der Waals surface area (Å²) >= 11 is 0. The van der Waals surface area contributed by atoms with Gasteiger partial charge < -0.3 is 4.90 Å². The molecule has 0 saturated carbocycles. The van der Waals surface area contributed by atoms with Crippen LogP contribution in [0.4, 0.5) is 23.2 Å². The highest BCUT2D eigenvalue weighted by Gasteiger charge is 2.34. The molecule has 0 N–H and O–H groups in total. The van der Waals surface area contributed by atoms with Gasteiger partial charge in [-0.25, -0.2) is 12.8 Å². The van der Waals surface area contributed by atoms with Gasteiger partial charge in [-0.1, -0.05) is 25.1 Å². The molecule has 2 aromatic rings. The van der Waals surface area contributed by atoms with Crippen LogP contribution in [0.25, 0.3) is 0 Å². The summed E-state index contributed by atoms with van der Waals surface area (Å²) in [6, 6.07) is 7.25. The fourth-order valence-electron chi connectivity index (χ4n) is 3.61. The Kier molecular flexibility index (Phi) is 6.21. The normalized spacial score (nSPS) is 14.7. The molecule has 30 heavy (non-hydrogen) atoms. The molecule has 0 unspecified atom stereocenters. The molecular formula is C21H21F4NO3S. The predicted octanol–water partition coefficient (Wildman–Crippen LogP) is 4.65. The molecule has 1 aliphatic heterocycles. The maximum absolute atomic E-state index is 13.7. The van der Waals surface area contributed by atoms with Gasteiger partial charge in [0.15, 0.2) is 9.84 Å². The molecule has 0 bridgehead atoms. The van der Waals surface area contributed by atoms with Crippen molar-refractivity contribution in [3.8, 4) is 0 Å². The molecule has 1 aliphatic rings. The number of carbonyl (C=O) groups excluding carboxylic acids is 1. The lowest BCUT2D eigenvalue weighted by Gasteiger charge is -2.29. The highest BCUT2D eigenvalue weighted by Crippen LogP contribution is 2.32. The fourth-order valence-corrected chi connectivity index (χ4v) is 5.09. The third-order valence-electron chi connectivity index (χ3n) is 4.90. The number of hydrogen-bond acceptors (Lipinski definition) is 3. The molecule has 0 atom stereocenters. The number of aryl methyl sites for hydroxylation is 1. The molecule has 2 aromatic carbocycles. The van der Waals surface area contributed by atoms with Crippen molar-refractivity contribution in [2.24, 2.45) is 0 Å². The summed E-state index contributed by atoms with van der Waals surface area (Å²) < 4.78 is 76.8. The van der Waals surface area contributed by atoms with E-state index in [1.54, 1.807) is 23.1 Å². The van der Waals surface area contributed by atoms with Crippen molar-refractivity contribution in [1.82, 2.24) is 0 Å². The molecule has 1 amide bonds. The van der Waals surface area contributed by atoms with E-state index in [-0.39, 0.29) is 17.2 Å². The number of sulfone groups is 1. The maximum Gasteiger partial charge on any atom is 0.419 e. The SMILES string of the molecule is CCCN1C(=O)CCc2cc(CS(=O)(=O)Cc3ccc(C(F)(F)F)c(F)c3)ccc21. The van der Waals surface area contributed by atoms with E-state index in [0.29, 0.717) is 37.1 Å². The van der Waals surface area contributed by atoms with Crippen molar-refractivity contribution in [2.45, 2.75) is 43.9 Å². The summed E-state index contributed by atoms with van der Waals surface area (Å²) in [6.07, 6.45) is -3.16. The number of halogens is 4. The average molecular weight is 443 g/mol. The van der Waals surface area contributed by atoms with Gasteiger partial charge in [0.1, 0.15) is 5.82 Å². The summed E-state index contributed by atoms with van der Waals surface area (Å²) in [7, 11) is -3.74. The monoisotopic (exact) mass is 443 g/mol. The van der Waals surface area contributed by atoms with Crippen molar-refractivity contribution in [3.05, 3.63) is 64.5 Å². The van der Waals surface area contributed by atoms with E-state index >= 15 is 0 Å². The van der Waals surface area contributed by atoms with E-state index in [1.165, 1.54) is 0 Å². The number of anilines is 1. The van der Waals surface area contributed by atoms with Gasteiger partial charge in [0.25, 0.3) is 0 Å². The zero-order valence-electron chi connectivity index (χ0n) is 16.3. The van der Waals surface area contributed by atoms with Crippen molar-refractivity contribution in [1.29, 1.82) is 0 Å². The zero-order valence-corrected chi connectivity index (χ0v) is 17.1. The van der Waals surface area contributed by atoms with E-state index < -0.39 is 33.1 Å². The molecule has 0 aromatic heterocycles. The van der Waals surface area contributed by atoms with Crippen LogP contribution in [-0.2, 0) is 38.7 Å². The molecule has 9 heteroatoms. The van der Waals surface area contributed by atoms with Crippen molar-refractivity contribution < 1.29 is 30.8 Å². The number of hydrogen-bond donors (Lipinski definition) is 0. The highest BCUT2D eigenvalue weighted by molar-refractivity contribution is 7.89. The Hall–Kier alpha value is -2.42. The van der Waals surface area contributed by atoms with E-state index in [2.05, 4.69) is 0 Å². The fraction of sp³-hybridized carbons (Fsp3) is 0.381. The average Bonchev–Trinajstić information content (AvgIpc) is 2.62. The second kappa shape index (κ2) is 8.37. The van der Waals surface area contributed by atoms with Gasteiger partial charge >= 0.3 is 6.18 Å². The number of fused-ring (bicyclic) bond motifs is 1. The number of alkyl halides is 3. The second-order valence-electron chi connectivity index (χ2n) is 7.35. The van der Waals surface area contributed by atoms with Crippen LogP contribution in [0.3, 0.4) is 0 Å². The topological polar surface area (TPSA) is 54.5 Å². The van der Waals surface area contributed by atoms with Crippen molar-refractivity contribution >= 4 is 21.4 Å². The number of carbonyl (C=O) groups is 1. The number of rotatable bonds is 6. The lowest BCUT2D eigenvalue weighted by Crippen LogP contribution is -2.35. The molecule has 4 nitrogen and oxygen atoms in total. The third-order valence-corrected chi connectivity index (χ3v) is 6.45. The Bertz CT molecular complexity index is 1060. The number of benzene rings is 2. The van der Waals surface area contributed by atoms with Crippen LogP contribution in [0, 0.1) is 5.82 Å². The summed E-state index contributed by atoms with van der Waals surface area (Å²) in [5, 5.41) is 0. The van der Waals surface area contributed by atoms with Crippen molar-refractivity contribution in [3.63, 3.8) is 0 Å². The van der Waals surface area contributed by atoms with Gasteiger partial charge in [0.05, 0.1) is 17.1 Å². The molecule has 3 rings (SSSR count). The predicted molar refractivity (Wildman–Crippen MR) is 105 cm³/mol. The smallest absolute Gasteiger partial charge is 0.312 e. The minimum atomic E-state index is -4.84. The number of nitrogens with zero attached hydrogens (tertiary/aromatic N) is 1. The summed E-state index contributed by atoms with van der Waals surface area (Å²) in [6.45, 7) is 2.55. The lowest BCUT2D eigenvalue weighted by molar-refractivity contribution is -0.140. The van der Waals surface area contributed by atoms with Gasteiger partial charge in [-0.3, -0.25) is 4.79 Å². The quantitative estimate of drug-likeness (QED) is 0.611. The zero-order chi connectivity index (χ0) is 22.1. The molecule has 1 heterocycles. The second-order valence-corrected chi connectivity index (χ2v) is 9.42. The standard InChI is InChI=1S/C21H21F4NO3S/c1-2-9-26-19-7-4-14(10-16(19)5-8-20(26)27)12-30(28,29)13-15-3-6-17(18(22)11-15)21(23,24)25/h3-4,6-7,10-11H,2,5,8-9,12-13H2,1H3. The van der Waals surface area contributed by atoms with Crippen LogP contribution in [-0.4, -0.2) is 20.9 Å². The van der Waals surface area contributed by atoms with Crippen molar-refractivity contribution in [2.75, 3.05) is 11.4 Å². The van der Waals surface area contributed by atoms with Gasteiger partial charge in [-0.05, 0) is 47.7 Å². The van der Waals surface area contributed by atoms with Gasteiger partial charge in [0.2, 0.25) is 5.91 Å². The minimum Gasteiger partial charge on any atom is -0.312 e. The van der Waals surface area contributed by atoms with Crippen LogP contribution in [0.5, 0.6) is 0 Å². The van der Waals surface area contributed by atoms with Crippen LogP contribution in [0.2, 0.25) is 0 Å². The largest absolute Gasteiger partial charge is 0.419 e. The number of amides is 1. The van der Waals surface area contributed by atoms with Crippen LogP contribution < -0.4 is 4.90 Å². The Morgan fingerprint density at radius 2 is 1.63 bits per heavy atom. The summed E-state index contributed by atoms with van der Waals surface area (Å²) in [4.78, 5) is 13.8. The first-order valence-corrected chi connectivity index (χ1v) is 11.3. The molecule has 162 valence electrons. The molecule has 0 fully saturated rings. The van der Waals surface area contributed by atoms with E-state index in [9.17, 15) is 30.8 Å². The Labute approximate surface area is 172 Å². The molecule has 0 saturated heterocycles. The van der Waals surface area contributed by atoms with E-state index in [4.69, 9.17) is 0 Å². The van der Waals surface area contributed by atoms with Crippen LogP contribution in [0.15, 0.2) is 36.4 Å². The third kappa shape index (κ3) is 5.00. The molecule has 0 aliphatic carbocycles. The summed E-state index contributed by atoms with van der Waals surface area (Å²) in [5.74, 6) is -2.36. The highest BCUT2D eigenvalue weighted by atomic mass is 32.2. The first-order valence-electron chi connectivity index (χ1n) is 9.48. The molecule has 0 radical (unpaired) electrons. The van der Waals surface area contributed by atoms with Gasteiger partial charge in [-0.2, -0.15) is 13.2 Å². The first kappa shape index (κ1) is 22.3. The van der Waals surface area contributed by atoms with Gasteiger partial charge in [-0.15, -0.1) is 0 Å². The summed E-state index contributed by atoms with van der Waals surface area (Å²) in [5.41, 5.74) is 0.713. The Morgan fingerprint density at radius 3 is 2.23 bits per heavy atom. The van der Waals surface area contributed by atoms with Crippen LogP contribution in [0.1, 0.15) is 42.0 Å². The van der Waals surface area contributed by atoms with E-state index in [0.717, 1.165) is 23.7 Å². The molecule has 0 spiro atoms. The molecular weight excluding hydrogens is 422 g/mol. The van der Waals surface area contributed by atoms with Gasteiger partial charge in [0, 0.05) is 18.7 Å². The lowest BCUT2D eigenvalue weighted by atomic mass is 9.99. The Balaban J connectivity index is 1.78. The van der Waals surface area contributed by atoms with E-state index in [1.807, 2.05) is 6.92 Å².